The predicted octanol–water partition coefficient (Wildman–Crippen LogP) is -0.328. The molecule has 1 aliphatic rings. The topological polar surface area (TPSA) is 65.0 Å². The van der Waals surface area contributed by atoms with Crippen LogP contribution >= 0.6 is 0 Å². The minimum absolute atomic E-state index is 0.282. The second-order valence-electron chi connectivity index (χ2n) is 2.90. The maximum atomic E-state index is 10.7. The third-order valence-corrected chi connectivity index (χ3v) is 2.04. The molecule has 2 unspecified atom stereocenters. The van der Waals surface area contributed by atoms with Crippen molar-refractivity contribution in [3.05, 3.63) is 0 Å². The molecule has 2 atom stereocenters. The average Bonchev–Trinajstić information content (AvgIpc) is 2.54. The van der Waals surface area contributed by atoms with E-state index in [1.54, 1.807) is 0 Å². The van der Waals surface area contributed by atoms with Crippen molar-refractivity contribution in [1.29, 1.82) is 0 Å². The van der Waals surface area contributed by atoms with Gasteiger partial charge >= 0.3 is 5.97 Å². The maximum absolute atomic E-state index is 10.7. The molecule has 1 rings (SSSR count). The zero-order chi connectivity index (χ0) is 9.84. The van der Waals surface area contributed by atoms with E-state index in [1.165, 1.54) is 14.2 Å². The Labute approximate surface area is 76.6 Å². The Kier molecular flexibility index (Phi) is 3.65. The zero-order valence-electron chi connectivity index (χ0n) is 7.73. The lowest BCUT2D eigenvalue weighted by Gasteiger charge is -2.23. The molecule has 0 spiro atoms. The fourth-order valence-corrected chi connectivity index (χ4v) is 1.34. The molecule has 0 saturated carbocycles. The molecule has 13 heavy (non-hydrogen) atoms. The zero-order valence-corrected chi connectivity index (χ0v) is 7.73. The summed E-state index contributed by atoms with van der Waals surface area (Å²) in [5.74, 6) is -0.282. The molecular weight excluding hydrogens is 176 g/mol. The van der Waals surface area contributed by atoms with E-state index in [4.69, 9.17) is 14.2 Å². The van der Waals surface area contributed by atoms with Crippen molar-refractivity contribution in [2.75, 3.05) is 14.2 Å². The van der Waals surface area contributed by atoms with Crippen molar-refractivity contribution >= 4 is 5.97 Å². The van der Waals surface area contributed by atoms with Crippen LogP contribution in [0.15, 0.2) is 0 Å². The molecular formula is C8H14O5. The number of esters is 1. The summed E-state index contributed by atoms with van der Waals surface area (Å²) in [4.78, 5) is 10.7. The molecule has 0 aliphatic carbocycles. The number of carbonyl (C=O) groups is 1. The number of hydrogen-bond donors (Lipinski definition) is 1. The smallest absolute Gasteiger partial charge is 0.306 e. The van der Waals surface area contributed by atoms with Crippen molar-refractivity contribution in [1.82, 2.24) is 0 Å². The highest BCUT2D eigenvalue weighted by Gasteiger charge is 2.35. The van der Waals surface area contributed by atoms with E-state index in [9.17, 15) is 9.90 Å². The van der Waals surface area contributed by atoms with Gasteiger partial charge in [0.15, 0.2) is 6.29 Å². The lowest BCUT2D eigenvalue weighted by Crippen LogP contribution is -2.39. The number of rotatable bonds is 4. The van der Waals surface area contributed by atoms with Crippen LogP contribution < -0.4 is 0 Å². The number of carbonyl (C=O) groups excluding carboxylic acids is 1. The van der Waals surface area contributed by atoms with Gasteiger partial charge in [0, 0.05) is 20.6 Å². The highest BCUT2D eigenvalue weighted by molar-refractivity contribution is 5.71. The van der Waals surface area contributed by atoms with Gasteiger partial charge in [0.1, 0.15) is 12.2 Å². The molecule has 76 valence electrons. The average molecular weight is 190 g/mol. The van der Waals surface area contributed by atoms with E-state index in [2.05, 4.69) is 0 Å². The van der Waals surface area contributed by atoms with Crippen molar-refractivity contribution in [2.24, 2.45) is 0 Å². The van der Waals surface area contributed by atoms with Gasteiger partial charge in [0.25, 0.3) is 0 Å². The first-order chi connectivity index (χ1) is 6.19. The van der Waals surface area contributed by atoms with Crippen molar-refractivity contribution in [3.8, 4) is 0 Å². The lowest BCUT2D eigenvalue weighted by molar-refractivity contribution is -0.194. The standard InChI is InChI=1S/C8H14O5/c1-11-8(12-2)7(10)5-3-4-6(9)13-5/h5,7-8,10H,3-4H2,1-2H3. The van der Waals surface area contributed by atoms with Gasteiger partial charge in [-0.25, -0.2) is 0 Å². The molecule has 0 amide bonds. The van der Waals surface area contributed by atoms with E-state index in [0.717, 1.165) is 0 Å². The van der Waals surface area contributed by atoms with E-state index < -0.39 is 18.5 Å². The number of ether oxygens (including phenoxy) is 3. The molecule has 1 aliphatic heterocycles. The molecule has 0 aromatic carbocycles. The second kappa shape index (κ2) is 4.55. The van der Waals surface area contributed by atoms with Crippen LogP contribution in [0, 0.1) is 0 Å². The number of hydrogen-bond acceptors (Lipinski definition) is 5. The molecule has 0 bridgehead atoms. The van der Waals surface area contributed by atoms with Crippen molar-refractivity contribution < 1.29 is 24.1 Å². The minimum Gasteiger partial charge on any atom is -0.459 e. The summed E-state index contributed by atoms with van der Waals surface area (Å²) in [5.41, 5.74) is 0. The van der Waals surface area contributed by atoms with Gasteiger partial charge < -0.3 is 19.3 Å². The number of methoxy groups -OCH3 is 2. The van der Waals surface area contributed by atoms with E-state index in [-0.39, 0.29) is 5.97 Å². The van der Waals surface area contributed by atoms with Gasteiger partial charge in [-0.3, -0.25) is 4.79 Å². The Hall–Kier alpha value is -0.650. The van der Waals surface area contributed by atoms with Crippen LogP contribution in [0.1, 0.15) is 12.8 Å². The molecule has 1 saturated heterocycles. The SMILES string of the molecule is COC(OC)C(O)C1CCC(=O)O1. The van der Waals surface area contributed by atoms with Crippen molar-refractivity contribution in [3.63, 3.8) is 0 Å². The monoisotopic (exact) mass is 190 g/mol. The first-order valence-corrected chi connectivity index (χ1v) is 4.12. The van der Waals surface area contributed by atoms with Crippen LogP contribution in [0.4, 0.5) is 0 Å². The number of cyclic esters (lactones) is 1. The molecule has 0 radical (unpaired) electrons. The van der Waals surface area contributed by atoms with Gasteiger partial charge in [-0.15, -0.1) is 0 Å². The first-order valence-electron chi connectivity index (χ1n) is 4.12. The van der Waals surface area contributed by atoms with Crippen LogP contribution in [-0.2, 0) is 19.0 Å². The molecule has 5 heteroatoms. The normalized spacial score (nSPS) is 24.9. The highest BCUT2D eigenvalue weighted by Crippen LogP contribution is 2.20. The summed E-state index contributed by atoms with van der Waals surface area (Å²) in [6, 6.07) is 0. The lowest BCUT2D eigenvalue weighted by atomic mass is 10.1. The minimum atomic E-state index is -0.915. The highest BCUT2D eigenvalue weighted by atomic mass is 16.7. The molecule has 1 fully saturated rings. The number of aliphatic hydroxyl groups is 1. The molecule has 0 aromatic rings. The van der Waals surface area contributed by atoms with Gasteiger partial charge in [-0.1, -0.05) is 0 Å². The van der Waals surface area contributed by atoms with E-state index in [1.807, 2.05) is 0 Å². The predicted molar refractivity (Wildman–Crippen MR) is 42.9 cm³/mol. The number of aliphatic hydroxyl groups excluding tert-OH is 1. The maximum Gasteiger partial charge on any atom is 0.306 e. The Balaban J connectivity index is 2.46. The third kappa shape index (κ3) is 2.40. The Morgan fingerprint density at radius 2 is 2.15 bits per heavy atom. The molecule has 1 heterocycles. The van der Waals surface area contributed by atoms with Crippen LogP contribution in [0.2, 0.25) is 0 Å². The van der Waals surface area contributed by atoms with Gasteiger partial charge in [-0.2, -0.15) is 0 Å². The van der Waals surface area contributed by atoms with Gasteiger partial charge in [0.05, 0.1) is 0 Å². The Morgan fingerprint density at radius 1 is 1.54 bits per heavy atom. The summed E-state index contributed by atoms with van der Waals surface area (Å²) in [6.45, 7) is 0. The van der Waals surface area contributed by atoms with Crippen molar-refractivity contribution in [2.45, 2.75) is 31.3 Å². The fraction of sp³-hybridized carbons (Fsp3) is 0.875. The molecule has 0 aromatic heterocycles. The van der Waals surface area contributed by atoms with Crippen LogP contribution in [0.3, 0.4) is 0 Å². The fourth-order valence-electron chi connectivity index (χ4n) is 1.34. The molecule has 1 N–H and O–H groups in total. The van der Waals surface area contributed by atoms with E-state index in [0.29, 0.717) is 12.8 Å². The summed E-state index contributed by atoms with van der Waals surface area (Å²) in [6.07, 6.45) is -1.29. The van der Waals surface area contributed by atoms with Gasteiger partial charge in [-0.05, 0) is 6.42 Å². The van der Waals surface area contributed by atoms with Crippen LogP contribution in [0.5, 0.6) is 0 Å². The Bertz CT molecular complexity index is 177. The Morgan fingerprint density at radius 3 is 2.54 bits per heavy atom. The van der Waals surface area contributed by atoms with E-state index >= 15 is 0 Å². The van der Waals surface area contributed by atoms with Gasteiger partial charge in [0.2, 0.25) is 0 Å². The van der Waals surface area contributed by atoms with Crippen LogP contribution in [0.25, 0.3) is 0 Å². The second-order valence-corrected chi connectivity index (χ2v) is 2.90. The third-order valence-electron chi connectivity index (χ3n) is 2.04. The first kappa shape index (κ1) is 10.4. The molecule has 5 nitrogen and oxygen atoms in total. The summed E-state index contributed by atoms with van der Waals surface area (Å²) < 4.78 is 14.5. The largest absolute Gasteiger partial charge is 0.459 e. The van der Waals surface area contributed by atoms with Crippen LogP contribution in [-0.4, -0.2) is 43.8 Å². The summed E-state index contributed by atoms with van der Waals surface area (Å²) >= 11 is 0. The summed E-state index contributed by atoms with van der Waals surface area (Å²) in [7, 11) is 2.85. The quantitative estimate of drug-likeness (QED) is 0.486. The summed E-state index contributed by atoms with van der Waals surface area (Å²) in [5, 5.41) is 9.60.